The molecule has 98 valence electrons. The highest BCUT2D eigenvalue weighted by molar-refractivity contribution is 5.90. The van der Waals surface area contributed by atoms with Crippen LogP contribution in [0.15, 0.2) is 24.3 Å². The van der Waals surface area contributed by atoms with Crippen LogP contribution >= 0.6 is 0 Å². The van der Waals surface area contributed by atoms with Crippen molar-refractivity contribution in [3.05, 3.63) is 35.4 Å². The first-order valence-corrected chi connectivity index (χ1v) is 5.50. The summed E-state index contributed by atoms with van der Waals surface area (Å²) in [4.78, 5) is 22.5. The second-order valence-electron chi connectivity index (χ2n) is 3.35. The zero-order valence-corrected chi connectivity index (χ0v) is 10.4. The van der Waals surface area contributed by atoms with Crippen molar-refractivity contribution in [3.63, 3.8) is 0 Å². The molecule has 18 heavy (non-hydrogen) atoms. The normalized spacial score (nSPS) is 9.67. The van der Waals surface area contributed by atoms with Gasteiger partial charge in [0.15, 0.2) is 0 Å². The minimum atomic E-state index is -0.562. The van der Waals surface area contributed by atoms with Crippen LogP contribution in [0, 0.1) is 0 Å². The number of hydrazine groups is 1. The van der Waals surface area contributed by atoms with Crippen LogP contribution in [-0.2, 0) is 16.0 Å². The number of ether oxygens (including phenoxy) is 2. The fraction of sp³-hybridized carbons (Fsp3) is 0.333. The van der Waals surface area contributed by atoms with Crippen LogP contribution in [0.5, 0.6) is 0 Å². The Labute approximate surface area is 105 Å². The molecule has 0 aliphatic carbocycles. The summed E-state index contributed by atoms with van der Waals surface area (Å²) in [5.41, 5.74) is 6.21. The third kappa shape index (κ3) is 4.06. The number of hydrogen-bond donors (Lipinski definition) is 2. The molecule has 0 bridgehead atoms. The Morgan fingerprint density at radius 1 is 1.28 bits per heavy atom. The van der Waals surface area contributed by atoms with Crippen LogP contribution in [0.1, 0.15) is 22.8 Å². The molecule has 0 aromatic heterocycles. The highest BCUT2D eigenvalue weighted by atomic mass is 16.6. The topological polar surface area (TPSA) is 76.7 Å². The quantitative estimate of drug-likeness (QED) is 0.608. The SMILES string of the molecule is CCOC(=O)NNCc1ccccc1C(=O)OC. The van der Waals surface area contributed by atoms with E-state index in [-0.39, 0.29) is 0 Å². The molecule has 0 heterocycles. The summed E-state index contributed by atoms with van der Waals surface area (Å²) < 4.78 is 9.34. The maximum atomic E-state index is 11.5. The molecule has 0 aliphatic rings. The van der Waals surface area contributed by atoms with Crippen molar-refractivity contribution >= 4 is 12.1 Å². The molecule has 0 saturated carbocycles. The van der Waals surface area contributed by atoms with E-state index < -0.39 is 12.1 Å². The molecule has 2 N–H and O–H groups in total. The fourth-order valence-electron chi connectivity index (χ4n) is 1.36. The van der Waals surface area contributed by atoms with E-state index in [2.05, 4.69) is 20.3 Å². The van der Waals surface area contributed by atoms with Gasteiger partial charge in [-0.05, 0) is 18.6 Å². The smallest absolute Gasteiger partial charge is 0.421 e. The molecule has 1 aromatic carbocycles. The van der Waals surface area contributed by atoms with Crippen molar-refractivity contribution in [2.75, 3.05) is 13.7 Å². The maximum absolute atomic E-state index is 11.5. The third-order valence-corrected chi connectivity index (χ3v) is 2.17. The summed E-state index contributed by atoms with van der Waals surface area (Å²) in [5, 5.41) is 0. The van der Waals surface area contributed by atoms with Crippen LogP contribution in [0.25, 0.3) is 0 Å². The summed E-state index contributed by atoms with van der Waals surface area (Å²) in [7, 11) is 1.32. The van der Waals surface area contributed by atoms with E-state index in [0.717, 1.165) is 5.56 Å². The summed E-state index contributed by atoms with van der Waals surface area (Å²) in [6.07, 6.45) is -0.562. The first-order chi connectivity index (χ1) is 8.69. The van der Waals surface area contributed by atoms with Crippen LogP contribution in [0.4, 0.5) is 4.79 Å². The van der Waals surface area contributed by atoms with Gasteiger partial charge in [0, 0.05) is 6.54 Å². The Kier molecular flexibility index (Phi) is 5.66. The minimum Gasteiger partial charge on any atom is -0.465 e. The van der Waals surface area contributed by atoms with E-state index in [1.165, 1.54) is 7.11 Å². The van der Waals surface area contributed by atoms with Gasteiger partial charge < -0.3 is 9.47 Å². The Morgan fingerprint density at radius 2 is 2.00 bits per heavy atom. The van der Waals surface area contributed by atoms with E-state index in [0.29, 0.717) is 18.7 Å². The van der Waals surface area contributed by atoms with Crippen molar-refractivity contribution in [3.8, 4) is 0 Å². The number of nitrogens with one attached hydrogen (secondary N) is 2. The standard InChI is InChI=1S/C12H16N2O4/c1-3-18-12(16)14-13-8-9-6-4-5-7-10(9)11(15)17-2/h4-7,13H,3,8H2,1-2H3,(H,14,16). The lowest BCUT2D eigenvalue weighted by Crippen LogP contribution is -2.37. The van der Waals surface area contributed by atoms with E-state index >= 15 is 0 Å². The lowest BCUT2D eigenvalue weighted by molar-refractivity contribution is 0.0599. The molecule has 1 rings (SSSR count). The second-order valence-corrected chi connectivity index (χ2v) is 3.35. The van der Waals surface area contributed by atoms with Crippen molar-refractivity contribution in [1.29, 1.82) is 0 Å². The van der Waals surface area contributed by atoms with E-state index in [9.17, 15) is 9.59 Å². The molecular formula is C12H16N2O4. The van der Waals surface area contributed by atoms with Gasteiger partial charge in [0.1, 0.15) is 0 Å². The van der Waals surface area contributed by atoms with E-state index in [1.54, 1.807) is 31.2 Å². The summed E-state index contributed by atoms with van der Waals surface area (Å²) >= 11 is 0. The number of esters is 1. The van der Waals surface area contributed by atoms with Gasteiger partial charge in [-0.25, -0.2) is 15.0 Å². The van der Waals surface area contributed by atoms with Gasteiger partial charge in [-0.3, -0.25) is 5.43 Å². The summed E-state index contributed by atoms with van der Waals surface area (Å²) in [6.45, 7) is 2.31. The molecule has 0 radical (unpaired) electrons. The zero-order chi connectivity index (χ0) is 13.4. The summed E-state index contributed by atoms with van der Waals surface area (Å²) in [5.74, 6) is -0.413. The number of rotatable bonds is 5. The van der Waals surface area contributed by atoms with Gasteiger partial charge in [-0.15, -0.1) is 0 Å². The van der Waals surface area contributed by atoms with Crippen LogP contribution in [-0.4, -0.2) is 25.8 Å². The largest absolute Gasteiger partial charge is 0.465 e. The third-order valence-electron chi connectivity index (χ3n) is 2.17. The van der Waals surface area contributed by atoms with Crippen LogP contribution < -0.4 is 10.9 Å². The van der Waals surface area contributed by atoms with Gasteiger partial charge in [0.2, 0.25) is 0 Å². The molecule has 0 saturated heterocycles. The zero-order valence-electron chi connectivity index (χ0n) is 10.4. The lowest BCUT2D eigenvalue weighted by Gasteiger charge is -2.09. The molecule has 6 nitrogen and oxygen atoms in total. The highest BCUT2D eigenvalue weighted by Crippen LogP contribution is 2.09. The second kappa shape index (κ2) is 7.29. The fourth-order valence-corrected chi connectivity index (χ4v) is 1.36. The van der Waals surface area contributed by atoms with E-state index in [1.807, 2.05) is 0 Å². The summed E-state index contributed by atoms with van der Waals surface area (Å²) in [6, 6.07) is 6.97. The first-order valence-electron chi connectivity index (χ1n) is 5.50. The average molecular weight is 252 g/mol. The molecule has 6 heteroatoms. The molecule has 0 unspecified atom stereocenters. The predicted octanol–water partition coefficient (Wildman–Crippen LogP) is 1.22. The number of carbonyl (C=O) groups excluding carboxylic acids is 2. The van der Waals surface area contributed by atoms with Gasteiger partial charge in [-0.2, -0.15) is 0 Å². The molecular weight excluding hydrogens is 236 g/mol. The van der Waals surface area contributed by atoms with Gasteiger partial charge in [0.05, 0.1) is 19.3 Å². The van der Waals surface area contributed by atoms with Crippen LogP contribution in [0.3, 0.4) is 0 Å². The Bertz CT molecular complexity index is 420. The number of hydrogen-bond acceptors (Lipinski definition) is 5. The molecule has 1 aromatic rings. The highest BCUT2D eigenvalue weighted by Gasteiger charge is 2.10. The Hall–Kier alpha value is -2.08. The van der Waals surface area contributed by atoms with Crippen LogP contribution in [0.2, 0.25) is 0 Å². The first kappa shape index (κ1) is 14.0. The number of carbonyl (C=O) groups is 2. The Balaban J connectivity index is 2.57. The molecule has 1 amide bonds. The number of methoxy groups -OCH3 is 1. The molecule has 0 atom stereocenters. The van der Waals surface area contributed by atoms with Gasteiger partial charge >= 0.3 is 12.1 Å². The lowest BCUT2D eigenvalue weighted by atomic mass is 10.1. The van der Waals surface area contributed by atoms with Crippen molar-refractivity contribution in [1.82, 2.24) is 10.9 Å². The monoisotopic (exact) mass is 252 g/mol. The van der Waals surface area contributed by atoms with E-state index in [4.69, 9.17) is 0 Å². The van der Waals surface area contributed by atoms with Crippen molar-refractivity contribution in [2.24, 2.45) is 0 Å². The van der Waals surface area contributed by atoms with Crippen molar-refractivity contribution < 1.29 is 19.1 Å². The maximum Gasteiger partial charge on any atom is 0.421 e. The minimum absolute atomic E-state index is 0.296. The number of amides is 1. The average Bonchev–Trinajstić information content (AvgIpc) is 2.39. The van der Waals surface area contributed by atoms with Gasteiger partial charge in [-0.1, -0.05) is 18.2 Å². The van der Waals surface area contributed by atoms with Crippen molar-refractivity contribution in [2.45, 2.75) is 13.5 Å². The predicted molar refractivity (Wildman–Crippen MR) is 64.8 cm³/mol. The molecule has 0 fully saturated rings. The molecule has 0 aliphatic heterocycles. The Morgan fingerprint density at radius 3 is 2.67 bits per heavy atom. The van der Waals surface area contributed by atoms with Gasteiger partial charge in [0.25, 0.3) is 0 Å². The number of benzene rings is 1. The molecule has 0 spiro atoms.